The van der Waals surface area contributed by atoms with Crippen LogP contribution in [0.2, 0.25) is 0 Å². The van der Waals surface area contributed by atoms with E-state index in [0.29, 0.717) is 0 Å². The van der Waals surface area contributed by atoms with Gasteiger partial charge in [0.15, 0.2) is 0 Å². The topological polar surface area (TPSA) is 44.4 Å². The molecule has 2 aliphatic heterocycles. The van der Waals surface area contributed by atoms with Crippen molar-refractivity contribution in [2.24, 2.45) is 0 Å². The van der Waals surface area contributed by atoms with Crippen LogP contribution in [-0.2, 0) is 6.54 Å². The highest BCUT2D eigenvalue weighted by Gasteiger charge is 2.17. The molecule has 4 rings (SSSR count). The number of nitrogens with one attached hydrogen (secondary N) is 2. The molecule has 0 bridgehead atoms. The fraction of sp³-hybridized carbons (Fsp3) is 0.435. The maximum Gasteiger partial charge on any atom is 0.251 e. The summed E-state index contributed by atoms with van der Waals surface area (Å²) < 4.78 is 0. The highest BCUT2D eigenvalue weighted by Crippen LogP contribution is 2.22. The summed E-state index contributed by atoms with van der Waals surface area (Å²) in [5.41, 5.74) is 4.46. The van der Waals surface area contributed by atoms with Crippen LogP contribution in [0, 0.1) is 0 Å². The molecule has 0 spiro atoms. The van der Waals surface area contributed by atoms with E-state index in [9.17, 15) is 4.79 Å². The highest BCUT2D eigenvalue weighted by atomic mass is 35.5. The number of piperidine rings is 1. The lowest BCUT2D eigenvalue weighted by Gasteiger charge is -2.26. The lowest BCUT2D eigenvalue weighted by atomic mass is 10.0. The molecule has 2 saturated heterocycles. The summed E-state index contributed by atoms with van der Waals surface area (Å²) in [5.74, 6) is 0.0205. The molecule has 0 radical (unpaired) electrons. The van der Waals surface area contributed by atoms with E-state index in [1.54, 1.807) is 0 Å². The largest absolute Gasteiger partial charge is 0.348 e. The predicted molar refractivity (Wildman–Crippen MR) is 124 cm³/mol. The molecule has 0 aromatic heterocycles. The summed E-state index contributed by atoms with van der Waals surface area (Å²) in [7, 11) is 0. The number of nitrogens with zero attached hydrogens (tertiary/aromatic N) is 1. The van der Waals surface area contributed by atoms with E-state index in [1.807, 2.05) is 24.3 Å². The summed E-state index contributed by atoms with van der Waals surface area (Å²) in [6, 6.07) is 17.0. The normalized spacial score (nSPS) is 19.1. The summed E-state index contributed by atoms with van der Waals surface area (Å²) in [4.78, 5) is 14.9. The number of amides is 1. The SMILES string of the molecule is Cl.Cl.O=C(NC1CCNC1)c1ccc(-c2ccc(CN3CCCCC3)cc2)cc1. The lowest BCUT2D eigenvalue weighted by Crippen LogP contribution is -2.36. The molecular weight excluding hydrogens is 405 g/mol. The van der Waals surface area contributed by atoms with Gasteiger partial charge >= 0.3 is 0 Å². The van der Waals surface area contributed by atoms with E-state index in [1.165, 1.54) is 43.5 Å². The minimum atomic E-state index is 0. The molecule has 2 aliphatic rings. The summed E-state index contributed by atoms with van der Waals surface area (Å²) in [5, 5.41) is 6.37. The molecule has 2 heterocycles. The highest BCUT2D eigenvalue weighted by molar-refractivity contribution is 5.94. The number of carbonyl (C=O) groups excluding carboxylic acids is 1. The zero-order valence-corrected chi connectivity index (χ0v) is 18.4. The van der Waals surface area contributed by atoms with Crippen LogP contribution in [0.4, 0.5) is 0 Å². The predicted octanol–water partition coefficient (Wildman–Crippen LogP) is 4.27. The first-order valence-corrected chi connectivity index (χ1v) is 10.2. The molecule has 158 valence electrons. The van der Waals surface area contributed by atoms with E-state index in [-0.39, 0.29) is 36.8 Å². The Hall–Kier alpha value is -1.59. The molecule has 6 heteroatoms. The van der Waals surface area contributed by atoms with Crippen molar-refractivity contribution in [2.75, 3.05) is 26.2 Å². The second-order valence-corrected chi connectivity index (χ2v) is 7.77. The Kier molecular flexibility index (Phi) is 9.44. The van der Waals surface area contributed by atoms with Crippen molar-refractivity contribution < 1.29 is 4.79 Å². The van der Waals surface area contributed by atoms with Gasteiger partial charge in [0.2, 0.25) is 0 Å². The zero-order valence-electron chi connectivity index (χ0n) is 16.7. The molecule has 1 unspecified atom stereocenters. The van der Waals surface area contributed by atoms with E-state index >= 15 is 0 Å². The molecule has 0 saturated carbocycles. The smallest absolute Gasteiger partial charge is 0.251 e. The van der Waals surface area contributed by atoms with Crippen molar-refractivity contribution in [1.82, 2.24) is 15.5 Å². The first-order valence-electron chi connectivity index (χ1n) is 10.2. The third-order valence-corrected chi connectivity index (χ3v) is 5.68. The van der Waals surface area contributed by atoms with Gasteiger partial charge in [-0.3, -0.25) is 9.69 Å². The van der Waals surface area contributed by atoms with Gasteiger partial charge in [0, 0.05) is 24.7 Å². The first-order chi connectivity index (χ1) is 13.3. The van der Waals surface area contributed by atoms with Crippen molar-refractivity contribution in [3.05, 3.63) is 59.7 Å². The van der Waals surface area contributed by atoms with Crippen LogP contribution < -0.4 is 10.6 Å². The number of hydrogen-bond donors (Lipinski definition) is 2. The second kappa shape index (κ2) is 11.6. The average molecular weight is 436 g/mol. The van der Waals surface area contributed by atoms with Crippen molar-refractivity contribution in [3.8, 4) is 11.1 Å². The van der Waals surface area contributed by atoms with Crippen molar-refractivity contribution in [2.45, 2.75) is 38.3 Å². The Labute approximate surface area is 186 Å². The van der Waals surface area contributed by atoms with E-state index in [2.05, 4.69) is 39.8 Å². The molecule has 2 aromatic rings. The van der Waals surface area contributed by atoms with Crippen LogP contribution in [0.5, 0.6) is 0 Å². The van der Waals surface area contributed by atoms with Crippen molar-refractivity contribution >= 4 is 30.7 Å². The van der Waals surface area contributed by atoms with Crippen molar-refractivity contribution in [1.29, 1.82) is 0 Å². The van der Waals surface area contributed by atoms with Crippen LogP contribution in [0.1, 0.15) is 41.6 Å². The molecule has 1 amide bonds. The van der Waals surface area contributed by atoms with Crippen LogP contribution in [0.15, 0.2) is 48.5 Å². The van der Waals surface area contributed by atoms with Crippen LogP contribution in [-0.4, -0.2) is 43.0 Å². The van der Waals surface area contributed by atoms with Gasteiger partial charge in [0.05, 0.1) is 0 Å². The van der Waals surface area contributed by atoms with Gasteiger partial charge in [-0.15, -0.1) is 24.8 Å². The Morgan fingerprint density at radius 1 is 0.931 bits per heavy atom. The standard InChI is InChI=1S/C23H29N3O.2ClH/c27-23(25-22-12-13-24-16-22)21-10-8-20(9-11-21)19-6-4-18(5-7-19)17-26-14-2-1-3-15-26;;/h4-11,22,24H,1-3,12-17H2,(H,25,27);2*1H. The minimum absolute atomic E-state index is 0. The van der Waals surface area contributed by atoms with Crippen LogP contribution in [0.25, 0.3) is 11.1 Å². The van der Waals surface area contributed by atoms with E-state index < -0.39 is 0 Å². The molecular formula is C23H31Cl2N3O. The van der Waals surface area contributed by atoms with Gasteiger partial charge in [-0.1, -0.05) is 42.8 Å². The van der Waals surface area contributed by atoms with Gasteiger partial charge in [-0.25, -0.2) is 0 Å². The molecule has 1 atom stereocenters. The van der Waals surface area contributed by atoms with Gasteiger partial charge in [0.1, 0.15) is 0 Å². The first kappa shape index (κ1) is 23.7. The number of benzene rings is 2. The van der Waals surface area contributed by atoms with Crippen LogP contribution in [0.3, 0.4) is 0 Å². The number of rotatable bonds is 5. The molecule has 0 aliphatic carbocycles. The van der Waals surface area contributed by atoms with Crippen LogP contribution >= 0.6 is 24.8 Å². The Balaban J connectivity index is 0.00000150. The molecule has 2 fully saturated rings. The fourth-order valence-electron chi connectivity index (χ4n) is 4.04. The maximum atomic E-state index is 12.3. The van der Waals surface area contributed by atoms with E-state index in [0.717, 1.165) is 37.2 Å². The lowest BCUT2D eigenvalue weighted by molar-refractivity contribution is 0.0940. The van der Waals surface area contributed by atoms with Gasteiger partial charge in [-0.05, 0) is 67.7 Å². The zero-order chi connectivity index (χ0) is 18.5. The van der Waals surface area contributed by atoms with Gasteiger partial charge in [-0.2, -0.15) is 0 Å². The Bertz CT molecular complexity index is 753. The number of likely N-dealkylation sites (tertiary alicyclic amines) is 1. The Morgan fingerprint density at radius 2 is 1.55 bits per heavy atom. The maximum absolute atomic E-state index is 12.3. The molecule has 4 nitrogen and oxygen atoms in total. The quantitative estimate of drug-likeness (QED) is 0.736. The van der Waals surface area contributed by atoms with E-state index in [4.69, 9.17) is 0 Å². The van der Waals surface area contributed by atoms with Gasteiger partial charge < -0.3 is 10.6 Å². The molecule has 2 N–H and O–H groups in total. The molecule has 2 aromatic carbocycles. The van der Waals surface area contributed by atoms with Crippen molar-refractivity contribution in [3.63, 3.8) is 0 Å². The average Bonchev–Trinajstić information content (AvgIpc) is 3.22. The third-order valence-electron chi connectivity index (χ3n) is 5.68. The number of hydrogen-bond acceptors (Lipinski definition) is 3. The number of carbonyl (C=O) groups is 1. The summed E-state index contributed by atoms with van der Waals surface area (Å²) >= 11 is 0. The fourth-order valence-corrected chi connectivity index (χ4v) is 4.04. The summed E-state index contributed by atoms with van der Waals surface area (Å²) in [6.07, 6.45) is 5.04. The minimum Gasteiger partial charge on any atom is -0.348 e. The molecule has 29 heavy (non-hydrogen) atoms. The Morgan fingerprint density at radius 3 is 2.14 bits per heavy atom. The number of halogens is 2. The summed E-state index contributed by atoms with van der Waals surface area (Å²) in [6.45, 7) is 5.35. The van der Waals surface area contributed by atoms with Gasteiger partial charge in [0.25, 0.3) is 5.91 Å². The monoisotopic (exact) mass is 435 g/mol. The third kappa shape index (κ3) is 6.45. The second-order valence-electron chi connectivity index (χ2n) is 7.77.